The van der Waals surface area contributed by atoms with Crippen LogP contribution < -0.4 is 16.1 Å². The summed E-state index contributed by atoms with van der Waals surface area (Å²) in [6, 6.07) is 0.896. The van der Waals surface area contributed by atoms with E-state index in [9.17, 15) is 14.7 Å². The summed E-state index contributed by atoms with van der Waals surface area (Å²) >= 11 is 0. The molecule has 1 aromatic heterocycles. The fourth-order valence-electron chi connectivity index (χ4n) is 3.61. The molecule has 0 spiro atoms. The number of aromatic carboxylic acids is 1. The van der Waals surface area contributed by atoms with Crippen LogP contribution in [0.15, 0.2) is 22.2 Å². The second-order valence-corrected chi connectivity index (χ2v) is 8.48. The molecule has 1 fully saturated rings. The third-order valence-electron chi connectivity index (χ3n) is 5.10. The van der Waals surface area contributed by atoms with Gasteiger partial charge in [0.1, 0.15) is 22.7 Å². The first kappa shape index (κ1) is 22.7. The molecule has 2 aromatic rings. The van der Waals surface area contributed by atoms with Gasteiger partial charge in [-0.05, 0) is 33.8 Å². The van der Waals surface area contributed by atoms with Crippen LogP contribution in [0, 0.1) is 17.6 Å². The summed E-state index contributed by atoms with van der Waals surface area (Å²) in [5.74, 6) is -3.59. The molecule has 3 N–H and O–H groups in total. The minimum atomic E-state index is -1.45. The van der Waals surface area contributed by atoms with Gasteiger partial charge in [-0.2, -0.15) is 0 Å². The van der Waals surface area contributed by atoms with E-state index in [0.717, 1.165) is 12.3 Å². The lowest BCUT2D eigenvalue weighted by Gasteiger charge is -2.21. The largest absolute Gasteiger partial charge is 0.477 e. The number of nitrogens with zero attached hydrogens (tertiary/aromatic N) is 3. The van der Waals surface area contributed by atoms with Crippen molar-refractivity contribution in [3.05, 3.63) is 39.7 Å². The van der Waals surface area contributed by atoms with Crippen molar-refractivity contribution in [1.82, 2.24) is 4.57 Å². The summed E-state index contributed by atoms with van der Waals surface area (Å²) in [6.07, 6.45) is 1.08. The lowest BCUT2D eigenvalue weighted by atomic mass is 10.1. The van der Waals surface area contributed by atoms with E-state index < -0.39 is 34.2 Å². The highest BCUT2D eigenvalue weighted by Gasteiger charge is 2.34. The Morgan fingerprint density at radius 2 is 2.06 bits per heavy atom. The smallest absolute Gasteiger partial charge is 0.341 e. The standard InChI is InChI=1S/C21H26F2N4O4/c1-5-26-9-13(20(29)30)19(28)12-6-14(22)18(16(23)17(12)26)27-8-11(7-24)15(10-27)25-31-21(2,3)4/h6,9,11H,5,7-8,10,24H2,1-4H3,(H,29,30). The first-order valence-corrected chi connectivity index (χ1v) is 9.96. The number of carbonyl (C=O) groups is 1. The molecule has 10 heteroatoms. The molecule has 1 aromatic carbocycles. The first-order chi connectivity index (χ1) is 14.5. The second kappa shape index (κ2) is 8.26. The van der Waals surface area contributed by atoms with Gasteiger partial charge in [0.2, 0.25) is 5.43 Å². The van der Waals surface area contributed by atoms with E-state index >= 15 is 8.78 Å². The highest BCUT2D eigenvalue weighted by molar-refractivity contribution is 5.96. The number of aryl methyl sites for hydroxylation is 1. The molecule has 168 valence electrons. The molecule has 1 saturated heterocycles. The molecule has 1 aliphatic heterocycles. The van der Waals surface area contributed by atoms with Crippen molar-refractivity contribution in [3.63, 3.8) is 0 Å². The van der Waals surface area contributed by atoms with Gasteiger partial charge in [0.15, 0.2) is 5.82 Å². The van der Waals surface area contributed by atoms with Gasteiger partial charge < -0.3 is 25.1 Å². The van der Waals surface area contributed by atoms with Crippen LogP contribution in [0.2, 0.25) is 0 Å². The van der Waals surface area contributed by atoms with Crippen molar-refractivity contribution >= 4 is 28.3 Å². The van der Waals surface area contributed by atoms with Crippen molar-refractivity contribution in [2.45, 2.75) is 39.8 Å². The molecule has 1 unspecified atom stereocenters. The SMILES string of the molecule is CCn1cc(C(=O)O)c(=O)c2cc(F)c(N3CC(=NOC(C)(C)C)C(CN)C3)c(F)c21. The molecule has 0 aliphatic carbocycles. The molecule has 0 saturated carbocycles. The summed E-state index contributed by atoms with van der Waals surface area (Å²) in [5.41, 5.74) is 3.95. The van der Waals surface area contributed by atoms with E-state index in [4.69, 9.17) is 10.6 Å². The lowest BCUT2D eigenvalue weighted by molar-refractivity contribution is 0.000172. The van der Waals surface area contributed by atoms with Crippen LogP contribution in [0.4, 0.5) is 14.5 Å². The maximum Gasteiger partial charge on any atom is 0.341 e. The number of aromatic nitrogens is 1. The van der Waals surface area contributed by atoms with Crippen LogP contribution in [0.5, 0.6) is 0 Å². The second-order valence-electron chi connectivity index (χ2n) is 8.48. The quantitative estimate of drug-likeness (QED) is 0.697. The molecular weight excluding hydrogens is 410 g/mol. The van der Waals surface area contributed by atoms with Gasteiger partial charge in [-0.25, -0.2) is 13.6 Å². The number of halogens is 2. The molecule has 1 atom stereocenters. The van der Waals surface area contributed by atoms with Crippen LogP contribution in [0.3, 0.4) is 0 Å². The molecule has 0 amide bonds. The lowest BCUT2D eigenvalue weighted by Crippen LogP contribution is -2.26. The van der Waals surface area contributed by atoms with Crippen LogP contribution >= 0.6 is 0 Å². The first-order valence-electron chi connectivity index (χ1n) is 9.96. The van der Waals surface area contributed by atoms with E-state index in [1.165, 1.54) is 9.47 Å². The van der Waals surface area contributed by atoms with Gasteiger partial charge in [0.25, 0.3) is 0 Å². The maximum atomic E-state index is 15.6. The van der Waals surface area contributed by atoms with Gasteiger partial charge >= 0.3 is 5.97 Å². The highest BCUT2D eigenvalue weighted by Crippen LogP contribution is 2.33. The maximum absolute atomic E-state index is 15.6. The summed E-state index contributed by atoms with van der Waals surface area (Å²) < 4.78 is 31.9. The van der Waals surface area contributed by atoms with Crippen molar-refractivity contribution in [2.24, 2.45) is 16.8 Å². The number of hydrogen-bond acceptors (Lipinski definition) is 6. The Balaban J connectivity index is 2.15. The Kier molecular flexibility index (Phi) is 6.04. The number of rotatable bonds is 5. The average molecular weight is 436 g/mol. The monoisotopic (exact) mass is 436 g/mol. The zero-order valence-electron chi connectivity index (χ0n) is 17.9. The van der Waals surface area contributed by atoms with Gasteiger partial charge in [-0.3, -0.25) is 4.79 Å². The van der Waals surface area contributed by atoms with Gasteiger partial charge in [-0.15, -0.1) is 0 Å². The Morgan fingerprint density at radius 1 is 1.39 bits per heavy atom. The Hall–Kier alpha value is -3.01. The molecule has 1 aliphatic rings. The van der Waals surface area contributed by atoms with Gasteiger partial charge in [-0.1, -0.05) is 5.16 Å². The number of carboxylic acid groups (broad SMARTS) is 1. The van der Waals surface area contributed by atoms with E-state index in [-0.39, 0.29) is 48.7 Å². The number of benzene rings is 1. The van der Waals surface area contributed by atoms with Crippen LogP contribution in [-0.4, -0.2) is 46.6 Å². The van der Waals surface area contributed by atoms with Gasteiger partial charge in [0, 0.05) is 31.7 Å². The Bertz CT molecular complexity index is 1120. The molecule has 2 heterocycles. The van der Waals surface area contributed by atoms with Crippen LogP contribution in [-0.2, 0) is 11.4 Å². The minimum Gasteiger partial charge on any atom is -0.477 e. The highest BCUT2D eigenvalue weighted by atomic mass is 19.1. The summed E-state index contributed by atoms with van der Waals surface area (Å²) in [4.78, 5) is 30.8. The number of oxime groups is 1. The molecular formula is C21H26F2N4O4. The summed E-state index contributed by atoms with van der Waals surface area (Å²) in [7, 11) is 0. The predicted octanol–water partition coefficient (Wildman–Crippen LogP) is 2.56. The molecule has 8 nitrogen and oxygen atoms in total. The zero-order valence-corrected chi connectivity index (χ0v) is 17.9. The molecule has 31 heavy (non-hydrogen) atoms. The number of hydrogen-bond donors (Lipinski definition) is 2. The van der Waals surface area contributed by atoms with Crippen LogP contribution in [0.1, 0.15) is 38.1 Å². The van der Waals surface area contributed by atoms with Crippen LogP contribution in [0.25, 0.3) is 10.9 Å². The number of carboxylic acids is 1. The predicted molar refractivity (Wildman–Crippen MR) is 114 cm³/mol. The van der Waals surface area contributed by atoms with Crippen molar-refractivity contribution < 1.29 is 23.5 Å². The Labute approximate surface area is 177 Å². The normalized spacial score (nSPS) is 18.2. The third kappa shape index (κ3) is 4.25. The van der Waals surface area contributed by atoms with E-state index in [2.05, 4.69) is 5.16 Å². The summed E-state index contributed by atoms with van der Waals surface area (Å²) in [6.45, 7) is 7.93. The third-order valence-corrected chi connectivity index (χ3v) is 5.10. The number of anilines is 1. The molecule has 0 bridgehead atoms. The fourth-order valence-corrected chi connectivity index (χ4v) is 3.61. The topological polar surface area (TPSA) is 110 Å². The number of pyridine rings is 1. The van der Waals surface area contributed by atoms with Gasteiger partial charge in [0.05, 0.1) is 23.2 Å². The average Bonchev–Trinajstić information content (AvgIpc) is 3.09. The summed E-state index contributed by atoms with van der Waals surface area (Å²) in [5, 5.41) is 13.1. The number of fused-ring (bicyclic) bond motifs is 1. The van der Waals surface area contributed by atoms with E-state index in [1.54, 1.807) is 6.92 Å². The Morgan fingerprint density at radius 3 is 2.61 bits per heavy atom. The fraction of sp³-hybridized carbons (Fsp3) is 0.476. The van der Waals surface area contributed by atoms with E-state index in [1.807, 2.05) is 20.8 Å². The number of nitrogens with two attached hydrogens (primary N) is 1. The van der Waals surface area contributed by atoms with Crippen molar-refractivity contribution in [3.8, 4) is 0 Å². The van der Waals surface area contributed by atoms with Crippen molar-refractivity contribution in [1.29, 1.82) is 0 Å². The minimum absolute atomic E-state index is 0.112. The molecule has 3 rings (SSSR count). The van der Waals surface area contributed by atoms with E-state index in [0.29, 0.717) is 5.71 Å². The zero-order chi connectivity index (χ0) is 23.1. The van der Waals surface area contributed by atoms with Crippen molar-refractivity contribution in [2.75, 3.05) is 24.5 Å². The molecule has 0 radical (unpaired) electrons.